The van der Waals surface area contributed by atoms with Gasteiger partial charge in [0.15, 0.2) is 0 Å². The minimum atomic E-state index is -5.22. The van der Waals surface area contributed by atoms with E-state index in [1.54, 1.807) is 5.32 Å². The van der Waals surface area contributed by atoms with Crippen LogP contribution in [0, 0.1) is 23.2 Å². The second-order valence-corrected chi connectivity index (χ2v) is 13.9. The molecule has 0 radical (unpaired) electrons. The fourth-order valence-corrected chi connectivity index (χ4v) is 6.20. The van der Waals surface area contributed by atoms with E-state index >= 15 is 0 Å². The molecule has 0 aromatic heterocycles. The van der Waals surface area contributed by atoms with Gasteiger partial charge in [0.25, 0.3) is 0 Å². The number of hydrogen-bond acceptors (Lipinski definition) is 6. The van der Waals surface area contributed by atoms with Gasteiger partial charge < -0.3 is 20.9 Å². The van der Waals surface area contributed by atoms with Crippen molar-refractivity contribution in [3.63, 3.8) is 0 Å². The van der Waals surface area contributed by atoms with Crippen molar-refractivity contribution in [1.29, 1.82) is 0 Å². The molecule has 1 aliphatic carbocycles. The number of nitrogens with one attached hydrogen (secondary N) is 3. The van der Waals surface area contributed by atoms with Gasteiger partial charge in [0.2, 0.25) is 32.7 Å². The number of carbonyl (C=O) groups is 4. The van der Waals surface area contributed by atoms with Gasteiger partial charge in [-0.2, -0.15) is 17.6 Å². The lowest BCUT2D eigenvalue weighted by atomic mass is 9.85. The molecule has 15 heteroatoms. The molecule has 3 N–H and O–H groups in total. The number of rotatable bonds is 8. The van der Waals surface area contributed by atoms with Gasteiger partial charge in [-0.1, -0.05) is 27.2 Å². The summed E-state index contributed by atoms with van der Waals surface area (Å²) >= 11 is 0. The first-order valence-electron chi connectivity index (χ1n) is 13.1. The summed E-state index contributed by atoms with van der Waals surface area (Å²) in [7, 11) is -4.24. The normalized spacial score (nSPS) is 27.1. The van der Waals surface area contributed by atoms with Gasteiger partial charge in [-0.05, 0) is 49.0 Å². The Hall–Kier alpha value is -2.71. The number of carbonyl (C=O) groups excluding carboxylic acids is 4. The Morgan fingerprint density at radius 1 is 1.12 bits per heavy atom. The number of alkyl halides is 3. The van der Waals surface area contributed by atoms with E-state index in [4.69, 9.17) is 0 Å². The molecule has 0 unspecified atom stereocenters. The van der Waals surface area contributed by atoms with Crippen LogP contribution >= 0.6 is 0 Å². The predicted octanol–water partition coefficient (Wildman–Crippen LogP) is 1.57. The second kappa shape index (κ2) is 11.6. The molecular weight excluding hydrogens is 560 g/mol. The van der Waals surface area contributed by atoms with E-state index in [2.05, 4.69) is 10.6 Å². The molecular formula is C25H36F4N4O6S. The number of amides is 4. The molecule has 40 heavy (non-hydrogen) atoms. The number of sulfone groups is 1. The van der Waals surface area contributed by atoms with Crippen LogP contribution in [-0.4, -0.2) is 80.6 Å². The molecule has 3 rings (SSSR count). The van der Waals surface area contributed by atoms with E-state index in [9.17, 15) is 45.2 Å². The zero-order valence-corrected chi connectivity index (χ0v) is 23.6. The van der Waals surface area contributed by atoms with Crippen LogP contribution < -0.4 is 16.0 Å². The minimum absolute atomic E-state index is 0.0826. The van der Waals surface area contributed by atoms with Gasteiger partial charge in [-0.25, -0.2) is 8.42 Å². The Balaban J connectivity index is 1.91. The quantitative estimate of drug-likeness (QED) is 0.364. The van der Waals surface area contributed by atoms with Crippen LogP contribution in [0.4, 0.5) is 17.6 Å². The number of likely N-dealkylation sites (tertiary alicyclic amines) is 1. The standard InChI is InChI=1S/C25H36F4N4O6S/c1-24(2,3)19(32-23(37)25(27,28)29)22(36)33-12-14-6-5-7-16(14)18(33)21(35)31-15(11-17(26)40(4,38)39)10-13-8-9-30-20(13)34/h11,13-16,18-19H,5-10,12H2,1-4H3,(H,30,34)(H,31,35)(H,32,37)/b17-11-/t13-,14-,15+,16-,18-,19-/m0/s1. The van der Waals surface area contributed by atoms with Gasteiger partial charge in [-0.3, -0.25) is 19.2 Å². The molecule has 1 saturated carbocycles. The Morgan fingerprint density at radius 3 is 2.30 bits per heavy atom. The van der Waals surface area contributed by atoms with Crippen LogP contribution in [0.5, 0.6) is 0 Å². The van der Waals surface area contributed by atoms with Crippen LogP contribution in [0.1, 0.15) is 52.9 Å². The largest absolute Gasteiger partial charge is 0.471 e. The highest BCUT2D eigenvalue weighted by atomic mass is 32.2. The summed E-state index contributed by atoms with van der Waals surface area (Å²) in [5.41, 5.74) is -1.14. The number of halogens is 4. The third-order valence-corrected chi connectivity index (χ3v) is 8.65. The molecule has 6 atom stereocenters. The van der Waals surface area contributed by atoms with E-state index in [0.29, 0.717) is 38.1 Å². The van der Waals surface area contributed by atoms with Gasteiger partial charge >= 0.3 is 12.1 Å². The summed E-state index contributed by atoms with van der Waals surface area (Å²) in [6.45, 7) is 4.91. The van der Waals surface area contributed by atoms with Gasteiger partial charge in [-0.15, -0.1) is 0 Å². The summed E-state index contributed by atoms with van der Waals surface area (Å²) in [5.74, 6) is -5.25. The van der Waals surface area contributed by atoms with E-state index in [1.165, 1.54) is 25.7 Å². The molecule has 2 heterocycles. The maximum atomic E-state index is 14.5. The molecule has 0 bridgehead atoms. The predicted molar refractivity (Wildman–Crippen MR) is 135 cm³/mol. The first kappa shape index (κ1) is 31.8. The third-order valence-electron chi connectivity index (χ3n) is 7.80. The van der Waals surface area contributed by atoms with Gasteiger partial charge in [0.05, 0.1) is 6.04 Å². The SMILES string of the molecule is CC(C)(C)[C@@H](NC(=O)C(F)(F)F)C(=O)N1C[C@@H]2CCC[C@@H]2[C@H]1C(=O)N[C@@H](/C=C(/F)S(C)(=O)=O)C[C@@H]1CCNC1=O. The summed E-state index contributed by atoms with van der Waals surface area (Å²) < 4.78 is 77.1. The lowest BCUT2D eigenvalue weighted by molar-refractivity contribution is -0.176. The van der Waals surface area contributed by atoms with Crippen molar-refractivity contribution in [2.75, 3.05) is 19.3 Å². The van der Waals surface area contributed by atoms with Crippen molar-refractivity contribution in [1.82, 2.24) is 20.9 Å². The first-order valence-corrected chi connectivity index (χ1v) is 15.0. The smallest absolute Gasteiger partial charge is 0.356 e. The Labute approximate surface area is 230 Å². The lowest BCUT2D eigenvalue weighted by Gasteiger charge is -2.36. The van der Waals surface area contributed by atoms with Gasteiger partial charge in [0, 0.05) is 25.3 Å². The van der Waals surface area contributed by atoms with E-state index in [0.717, 1.165) is 6.42 Å². The topological polar surface area (TPSA) is 142 Å². The van der Waals surface area contributed by atoms with Crippen LogP contribution in [0.25, 0.3) is 0 Å². The van der Waals surface area contributed by atoms with Crippen molar-refractivity contribution in [3.05, 3.63) is 11.2 Å². The summed E-state index contributed by atoms with van der Waals surface area (Å²) in [6.07, 6.45) is -1.55. The molecule has 4 amide bonds. The van der Waals surface area contributed by atoms with Gasteiger partial charge in [0.1, 0.15) is 12.1 Å². The van der Waals surface area contributed by atoms with E-state index < -0.39 is 68.4 Å². The van der Waals surface area contributed by atoms with Crippen molar-refractivity contribution in [2.45, 2.75) is 77.2 Å². The lowest BCUT2D eigenvalue weighted by Crippen LogP contribution is -2.60. The third kappa shape index (κ3) is 7.32. The average Bonchev–Trinajstić information content (AvgIpc) is 3.50. The number of nitrogens with zero attached hydrogens (tertiary/aromatic N) is 1. The van der Waals surface area contributed by atoms with Crippen molar-refractivity contribution < 1.29 is 45.2 Å². The highest BCUT2D eigenvalue weighted by Gasteiger charge is 2.53. The Morgan fingerprint density at radius 2 is 1.77 bits per heavy atom. The molecule has 3 aliphatic rings. The highest BCUT2D eigenvalue weighted by molar-refractivity contribution is 7.94. The summed E-state index contributed by atoms with van der Waals surface area (Å²) in [4.78, 5) is 52.4. The molecule has 0 aromatic rings. The van der Waals surface area contributed by atoms with E-state index in [-0.39, 0.29) is 30.7 Å². The fourth-order valence-electron chi connectivity index (χ4n) is 5.79. The van der Waals surface area contributed by atoms with Crippen LogP contribution in [0.2, 0.25) is 0 Å². The molecule has 226 valence electrons. The molecule has 2 saturated heterocycles. The fraction of sp³-hybridized carbons (Fsp3) is 0.760. The molecule has 2 aliphatic heterocycles. The first-order chi connectivity index (χ1) is 18.3. The molecule has 3 fully saturated rings. The van der Waals surface area contributed by atoms with E-state index in [1.807, 2.05) is 0 Å². The number of hydrogen-bond donors (Lipinski definition) is 3. The number of fused-ring (bicyclic) bond motifs is 1. The Bertz CT molecular complexity index is 1170. The monoisotopic (exact) mass is 596 g/mol. The van der Waals surface area contributed by atoms with Crippen molar-refractivity contribution in [2.24, 2.45) is 23.2 Å². The van der Waals surface area contributed by atoms with Crippen LogP contribution in [-0.2, 0) is 29.0 Å². The second-order valence-electron chi connectivity index (χ2n) is 11.9. The van der Waals surface area contributed by atoms with Crippen molar-refractivity contribution >= 4 is 33.5 Å². The summed E-state index contributed by atoms with van der Waals surface area (Å²) in [5, 5.41) is 5.50. The highest BCUT2D eigenvalue weighted by Crippen LogP contribution is 2.43. The zero-order valence-electron chi connectivity index (χ0n) is 22.8. The Kier molecular flexibility index (Phi) is 9.26. The molecule has 0 aromatic carbocycles. The average molecular weight is 597 g/mol. The molecule has 0 spiro atoms. The maximum absolute atomic E-state index is 14.5. The van der Waals surface area contributed by atoms with Crippen LogP contribution in [0.3, 0.4) is 0 Å². The maximum Gasteiger partial charge on any atom is 0.471 e. The molecule has 10 nitrogen and oxygen atoms in total. The van der Waals surface area contributed by atoms with Crippen molar-refractivity contribution in [3.8, 4) is 0 Å². The summed E-state index contributed by atoms with van der Waals surface area (Å²) in [6, 6.07) is -3.95. The van der Waals surface area contributed by atoms with Crippen LogP contribution in [0.15, 0.2) is 11.2 Å². The minimum Gasteiger partial charge on any atom is -0.356 e. The zero-order chi connectivity index (χ0) is 30.2.